The molecule has 0 spiro atoms. The number of methoxy groups -OCH3 is 1. The van der Waals surface area contributed by atoms with Crippen molar-refractivity contribution in [3.8, 4) is 10.6 Å². The lowest BCUT2D eigenvalue weighted by Crippen LogP contribution is -2.31. The Bertz CT molecular complexity index is 860. The molecule has 26 heavy (non-hydrogen) atoms. The van der Waals surface area contributed by atoms with E-state index in [2.05, 4.69) is 10.3 Å². The first-order valence-electron chi connectivity index (χ1n) is 8.05. The number of benzene rings is 1. The van der Waals surface area contributed by atoms with Gasteiger partial charge < -0.3 is 10.1 Å². The van der Waals surface area contributed by atoms with Crippen LogP contribution >= 0.6 is 22.7 Å². The summed E-state index contributed by atoms with van der Waals surface area (Å²) in [6, 6.07) is 13.3. The highest BCUT2D eigenvalue weighted by Gasteiger charge is 2.20. The summed E-state index contributed by atoms with van der Waals surface area (Å²) in [4.78, 5) is 29.5. The summed E-state index contributed by atoms with van der Waals surface area (Å²) in [5.74, 6) is -0.527. The zero-order valence-electron chi connectivity index (χ0n) is 14.2. The highest BCUT2D eigenvalue weighted by molar-refractivity contribution is 7.13. The topological polar surface area (TPSA) is 68.3 Å². The molecule has 0 fully saturated rings. The maximum atomic E-state index is 12.4. The molecule has 134 valence electrons. The molecule has 5 nitrogen and oxygen atoms in total. The van der Waals surface area contributed by atoms with Gasteiger partial charge in [0.2, 0.25) is 5.91 Å². The van der Waals surface area contributed by atoms with E-state index in [-0.39, 0.29) is 30.8 Å². The smallest absolute Gasteiger partial charge is 0.307 e. The molecule has 2 heterocycles. The molecule has 0 saturated carbocycles. The zero-order chi connectivity index (χ0) is 18.4. The lowest BCUT2D eigenvalue weighted by atomic mass is 10.1. The first-order chi connectivity index (χ1) is 12.7. The fraction of sp³-hybridized carbons (Fsp3) is 0.211. The van der Waals surface area contributed by atoms with Gasteiger partial charge >= 0.3 is 5.97 Å². The number of nitrogens with one attached hydrogen (secondary N) is 1. The molecule has 1 atom stereocenters. The van der Waals surface area contributed by atoms with Gasteiger partial charge in [-0.2, -0.15) is 0 Å². The van der Waals surface area contributed by atoms with Crippen molar-refractivity contribution in [3.05, 3.63) is 63.8 Å². The van der Waals surface area contributed by atoms with E-state index in [0.29, 0.717) is 5.69 Å². The van der Waals surface area contributed by atoms with E-state index in [1.54, 1.807) is 0 Å². The van der Waals surface area contributed by atoms with Gasteiger partial charge in [-0.3, -0.25) is 9.59 Å². The lowest BCUT2D eigenvalue weighted by molar-refractivity contribution is -0.141. The maximum absolute atomic E-state index is 12.4. The van der Waals surface area contributed by atoms with Crippen LogP contribution in [0.3, 0.4) is 0 Å². The average molecular weight is 386 g/mol. The fourth-order valence-corrected chi connectivity index (χ4v) is 4.08. The molecule has 0 saturated heterocycles. The van der Waals surface area contributed by atoms with Crippen molar-refractivity contribution in [2.45, 2.75) is 18.9 Å². The zero-order valence-corrected chi connectivity index (χ0v) is 15.8. The molecule has 1 N–H and O–H groups in total. The highest BCUT2D eigenvalue weighted by Crippen LogP contribution is 2.25. The Balaban J connectivity index is 1.65. The molecule has 3 rings (SSSR count). The molecule has 1 aromatic carbocycles. The van der Waals surface area contributed by atoms with Crippen LogP contribution in [0, 0.1) is 0 Å². The van der Waals surface area contributed by atoms with Crippen molar-refractivity contribution in [2.75, 3.05) is 7.11 Å². The number of thiophene rings is 1. The second-order valence-corrected chi connectivity index (χ2v) is 7.44. The van der Waals surface area contributed by atoms with E-state index in [1.807, 2.05) is 53.2 Å². The summed E-state index contributed by atoms with van der Waals surface area (Å²) >= 11 is 3.01. The van der Waals surface area contributed by atoms with Gasteiger partial charge in [-0.25, -0.2) is 4.98 Å². The number of hydrogen-bond acceptors (Lipinski definition) is 6. The van der Waals surface area contributed by atoms with Crippen molar-refractivity contribution in [1.29, 1.82) is 0 Å². The van der Waals surface area contributed by atoms with Gasteiger partial charge in [0.25, 0.3) is 0 Å². The maximum Gasteiger partial charge on any atom is 0.307 e. The van der Waals surface area contributed by atoms with Crippen LogP contribution in [-0.2, 0) is 20.7 Å². The predicted molar refractivity (Wildman–Crippen MR) is 103 cm³/mol. The summed E-state index contributed by atoms with van der Waals surface area (Å²) in [6.07, 6.45) is 0.279. The minimum atomic E-state index is -0.387. The number of nitrogens with zero attached hydrogens (tertiary/aromatic N) is 1. The summed E-state index contributed by atoms with van der Waals surface area (Å²) in [5, 5.41) is 7.61. The van der Waals surface area contributed by atoms with Gasteiger partial charge in [0.15, 0.2) is 0 Å². The van der Waals surface area contributed by atoms with Gasteiger partial charge in [0, 0.05) is 15.8 Å². The van der Waals surface area contributed by atoms with E-state index in [0.717, 1.165) is 15.4 Å². The highest BCUT2D eigenvalue weighted by atomic mass is 32.1. The molecular weight excluding hydrogens is 368 g/mol. The van der Waals surface area contributed by atoms with Gasteiger partial charge in [0.1, 0.15) is 5.01 Å². The van der Waals surface area contributed by atoms with Crippen LogP contribution in [0.2, 0.25) is 0 Å². The van der Waals surface area contributed by atoms with Crippen LogP contribution in [0.1, 0.15) is 23.0 Å². The Labute approximate surface area is 159 Å². The molecule has 0 aliphatic heterocycles. The van der Waals surface area contributed by atoms with Crippen LogP contribution < -0.4 is 5.32 Å². The molecule has 1 unspecified atom stereocenters. The number of esters is 1. The second kappa shape index (κ2) is 8.73. The molecular formula is C19H18N2O3S2. The minimum absolute atomic E-state index is 0.106. The first-order valence-corrected chi connectivity index (χ1v) is 9.81. The number of hydrogen-bond donors (Lipinski definition) is 1. The normalized spacial score (nSPS) is 11.7. The largest absolute Gasteiger partial charge is 0.469 e. The minimum Gasteiger partial charge on any atom is -0.469 e. The molecule has 2 aromatic heterocycles. The lowest BCUT2D eigenvalue weighted by Gasteiger charge is -2.16. The number of amides is 1. The second-order valence-electron chi connectivity index (χ2n) is 5.60. The molecule has 0 bridgehead atoms. The Morgan fingerprint density at radius 1 is 1.15 bits per heavy atom. The number of aromatic nitrogens is 1. The van der Waals surface area contributed by atoms with E-state index in [1.165, 1.54) is 29.8 Å². The van der Waals surface area contributed by atoms with Crippen molar-refractivity contribution < 1.29 is 14.3 Å². The SMILES string of the molecule is COC(=O)CC(NC(=O)Cc1csc(-c2ccccc2)n1)c1cccs1. The number of rotatable bonds is 7. The monoisotopic (exact) mass is 386 g/mol. The van der Waals surface area contributed by atoms with Crippen molar-refractivity contribution in [3.63, 3.8) is 0 Å². The molecule has 3 aromatic rings. The summed E-state index contributed by atoms with van der Waals surface area (Å²) < 4.78 is 4.73. The first kappa shape index (κ1) is 18.3. The van der Waals surface area contributed by atoms with E-state index in [9.17, 15) is 9.59 Å². The average Bonchev–Trinajstić information content (AvgIpc) is 3.34. The molecule has 7 heteroatoms. The van der Waals surface area contributed by atoms with Gasteiger partial charge in [-0.05, 0) is 11.4 Å². The van der Waals surface area contributed by atoms with Crippen LogP contribution in [0.5, 0.6) is 0 Å². The third kappa shape index (κ3) is 4.77. The van der Waals surface area contributed by atoms with Crippen LogP contribution in [-0.4, -0.2) is 24.0 Å². The van der Waals surface area contributed by atoms with E-state index in [4.69, 9.17) is 4.74 Å². The Morgan fingerprint density at radius 2 is 1.96 bits per heavy atom. The summed E-state index contributed by atoms with van der Waals surface area (Å²) in [7, 11) is 1.34. The number of carbonyl (C=O) groups excluding carboxylic acids is 2. The van der Waals surface area contributed by atoms with Crippen LogP contribution in [0.4, 0.5) is 0 Å². The Hall–Kier alpha value is -2.51. The Kier molecular flexibility index (Phi) is 6.14. The van der Waals surface area contributed by atoms with Gasteiger partial charge in [-0.1, -0.05) is 36.4 Å². The Morgan fingerprint density at radius 3 is 2.65 bits per heavy atom. The molecule has 0 aliphatic carbocycles. The van der Waals surface area contributed by atoms with E-state index >= 15 is 0 Å². The van der Waals surface area contributed by atoms with Crippen LogP contribution in [0.15, 0.2) is 53.2 Å². The third-order valence-electron chi connectivity index (χ3n) is 3.73. The van der Waals surface area contributed by atoms with E-state index < -0.39 is 0 Å². The third-order valence-corrected chi connectivity index (χ3v) is 5.66. The van der Waals surface area contributed by atoms with Crippen molar-refractivity contribution in [2.24, 2.45) is 0 Å². The van der Waals surface area contributed by atoms with Crippen molar-refractivity contribution in [1.82, 2.24) is 10.3 Å². The van der Waals surface area contributed by atoms with Crippen molar-refractivity contribution >= 4 is 34.6 Å². The fourth-order valence-electron chi connectivity index (χ4n) is 2.47. The standard InChI is InChI=1S/C19H18N2O3S2/c1-24-18(23)11-15(16-8-5-9-25-16)21-17(22)10-14-12-26-19(20-14)13-6-3-2-4-7-13/h2-9,12,15H,10-11H2,1H3,(H,21,22). The van der Waals surface area contributed by atoms with Crippen LogP contribution in [0.25, 0.3) is 10.6 Å². The molecule has 0 aliphatic rings. The summed E-state index contributed by atoms with van der Waals surface area (Å²) in [6.45, 7) is 0. The molecule has 1 amide bonds. The number of thiazole rings is 1. The van der Waals surface area contributed by atoms with Gasteiger partial charge in [0.05, 0.1) is 31.7 Å². The number of ether oxygens (including phenoxy) is 1. The predicted octanol–water partition coefficient (Wildman–Crippen LogP) is 3.83. The summed E-state index contributed by atoms with van der Waals surface area (Å²) in [5.41, 5.74) is 1.75. The molecule has 0 radical (unpaired) electrons. The quantitative estimate of drug-likeness (QED) is 0.627. The number of carbonyl (C=O) groups is 2. The van der Waals surface area contributed by atoms with Gasteiger partial charge in [-0.15, -0.1) is 22.7 Å².